The standard InChI is InChI=1S/C10H10Cl2N2O3/c11-5-3-6(12)9(10(16)17)7(4-5)14-8(15)1-2-13/h3-4H,1-2,13H2,(H,14,15)(H,16,17). The first-order valence-electron chi connectivity index (χ1n) is 4.68. The van der Waals surface area contributed by atoms with Crippen LogP contribution in [0.15, 0.2) is 12.1 Å². The van der Waals surface area contributed by atoms with Gasteiger partial charge in [0.1, 0.15) is 5.56 Å². The van der Waals surface area contributed by atoms with Crippen LogP contribution in [-0.2, 0) is 4.79 Å². The number of aromatic carboxylic acids is 1. The molecule has 0 saturated carbocycles. The highest BCUT2D eigenvalue weighted by molar-refractivity contribution is 6.37. The van der Waals surface area contributed by atoms with E-state index in [1.54, 1.807) is 0 Å². The molecular weight excluding hydrogens is 267 g/mol. The molecule has 1 aromatic carbocycles. The molecule has 5 nitrogen and oxygen atoms in total. The van der Waals surface area contributed by atoms with Gasteiger partial charge in [-0.1, -0.05) is 23.2 Å². The largest absolute Gasteiger partial charge is 0.478 e. The van der Waals surface area contributed by atoms with Gasteiger partial charge in [0, 0.05) is 18.0 Å². The summed E-state index contributed by atoms with van der Waals surface area (Å²) in [6.07, 6.45) is 0.0865. The summed E-state index contributed by atoms with van der Waals surface area (Å²) in [7, 11) is 0. The van der Waals surface area contributed by atoms with E-state index in [9.17, 15) is 9.59 Å². The number of halogens is 2. The third-order valence-corrected chi connectivity index (χ3v) is 2.43. The van der Waals surface area contributed by atoms with Crippen molar-refractivity contribution in [1.29, 1.82) is 0 Å². The van der Waals surface area contributed by atoms with E-state index in [1.807, 2.05) is 0 Å². The monoisotopic (exact) mass is 276 g/mol. The van der Waals surface area contributed by atoms with Crippen molar-refractivity contribution < 1.29 is 14.7 Å². The van der Waals surface area contributed by atoms with Crippen LogP contribution in [0.25, 0.3) is 0 Å². The summed E-state index contributed by atoms with van der Waals surface area (Å²) in [4.78, 5) is 22.3. The van der Waals surface area contributed by atoms with Crippen LogP contribution in [0.2, 0.25) is 10.0 Å². The van der Waals surface area contributed by atoms with Crippen molar-refractivity contribution in [2.45, 2.75) is 6.42 Å². The van der Waals surface area contributed by atoms with Crippen LogP contribution in [0, 0.1) is 0 Å². The molecule has 0 heterocycles. The average Bonchev–Trinajstić information content (AvgIpc) is 2.15. The fourth-order valence-electron chi connectivity index (χ4n) is 1.23. The lowest BCUT2D eigenvalue weighted by Crippen LogP contribution is -2.18. The molecule has 1 aromatic rings. The van der Waals surface area contributed by atoms with Crippen molar-refractivity contribution >= 4 is 40.8 Å². The number of carboxylic acid groups (broad SMARTS) is 1. The van der Waals surface area contributed by atoms with Crippen LogP contribution in [0.4, 0.5) is 5.69 Å². The summed E-state index contributed by atoms with van der Waals surface area (Å²) < 4.78 is 0. The van der Waals surface area contributed by atoms with Gasteiger partial charge < -0.3 is 16.2 Å². The zero-order valence-electron chi connectivity index (χ0n) is 8.67. The van der Waals surface area contributed by atoms with Crippen molar-refractivity contribution in [1.82, 2.24) is 0 Å². The predicted molar refractivity (Wildman–Crippen MR) is 65.7 cm³/mol. The molecule has 0 saturated heterocycles. The second-order valence-corrected chi connectivity index (χ2v) is 4.05. The normalized spacial score (nSPS) is 10.1. The van der Waals surface area contributed by atoms with Gasteiger partial charge in [0.15, 0.2) is 0 Å². The van der Waals surface area contributed by atoms with E-state index in [-0.39, 0.29) is 34.3 Å². The molecule has 0 aliphatic rings. The van der Waals surface area contributed by atoms with Crippen molar-refractivity contribution in [2.24, 2.45) is 5.73 Å². The molecule has 0 fully saturated rings. The lowest BCUT2D eigenvalue weighted by atomic mass is 10.1. The van der Waals surface area contributed by atoms with Gasteiger partial charge in [-0.15, -0.1) is 0 Å². The molecule has 1 amide bonds. The Morgan fingerprint density at radius 1 is 1.35 bits per heavy atom. The number of rotatable bonds is 4. The second kappa shape index (κ2) is 5.86. The second-order valence-electron chi connectivity index (χ2n) is 3.20. The molecule has 0 atom stereocenters. The Bertz CT molecular complexity index is 463. The molecule has 92 valence electrons. The van der Waals surface area contributed by atoms with Crippen LogP contribution in [0.5, 0.6) is 0 Å². The van der Waals surface area contributed by atoms with Gasteiger partial charge in [-0.25, -0.2) is 4.79 Å². The number of nitrogens with two attached hydrogens (primary N) is 1. The van der Waals surface area contributed by atoms with Crippen LogP contribution in [-0.4, -0.2) is 23.5 Å². The quantitative estimate of drug-likeness (QED) is 0.784. The number of nitrogens with one attached hydrogen (secondary N) is 1. The third-order valence-electron chi connectivity index (χ3n) is 1.91. The predicted octanol–water partition coefficient (Wildman–Crippen LogP) is 1.98. The molecule has 0 aromatic heterocycles. The fourth-order valence-corrected chi connectivity index (χ4v) is 1.81. The Morgan fingerprint density at radius 3 is 2.53 bits per heavy atom. The van der Waals surface area contributed by atoms with Gasteiger partial charge in [-0.2, -0.15) is 0 Å². The minimum absolute atomic E-state index is 0.0342. The Labute approximate surface area is 108 Å². The number of benzene rings is 1. The Morgan fingerprint density at radius 2 is 2.00 bits per heavy atom. The maximum Gasteiger partial charge on any atom is 0.339 e. The number of hydrogen-bond acceptors (Lipinski definition) is 3. The molecule has 1 rings (SSSR count). The molecule has 7 heteroatoms. The molecular formula is C10H10Cl2N2O3. The lowest BCUT2D eigenvalue weighted by molar-refractivity contribution is -0.116. The van der Waals surface area contributed by atoms with E-state index in [4.69, 9.17) is 34.0 Å². The highest BCUT2D eigenvalue weighted by Crippen LogP contribution is 2.29. The molecule has 0 bridgehead atoms. The zero-order chi connectivity index (χ0) is 13.0. The number of carbonyl (C=O) groups is 2. The Kier molecular flexibility index (Phi) is 4.74. The van der Waals surface area contributed by atoms with Crippen molar-refractivity contribution in [3.63, 3.8) is 0 Å². The summed E-state index contributed by atoms with van der Waals surface area (Å²) >= 11 is 11.5. The topological polar surface area (TPSA) is 92.4 Å². The van der Waals surface area contributed by atoms with Crippen LogP contribution < -0.4 is 11.1 Å². The molecule has 0 aliphatic carbocycles. The van der Waals surface area contributed by atoms with E-state index in [2.05, 4.69) is 5.32 Å². The van der Waals surface area contributed by atoms with E-state index in [0.717, 1.165) is 0 Å². The summed E-state index contributed by atoms with van der Waals surface area (Å²) in [5.74, 6) is -1.64. The number of carbonyl (C=O) groups excluding carboxylic acids is 1. The van der Waals surface area contributed by atoms with E-state index < -0.39 is 11.9 Å². The van der Waals surface area contributed by atoms with Crippen LogP contribution >= 0.6 is 23.2 Å². The molecule has 17 heavy (non-hydrogen) atoms. The van der Waals surface area contributed by atoms with Crippen molar-refractivity contribution in [3.8, 4) is 0 Å². The van der Waals surface area contributed by atoms with Gasteiger partial charge in [0.2, 0.25) is 5.91 Å². The molecule has 0 spiro atoms. The molecule has 4 N–H and O–H groups in total. The highest BCUT2D eigenvalue weighted by atomic mass is 35.5. The van der Waals surface area contributed by atoms with Gasteiger partial charge in [0.05, 0.1) is 10.7 Å². The minimum Gasteiger partial charge on any atom is -0.478 e. The first kappa shape index (κ1) is 13.8. The van der Waals surface area contributed by atoms with E-state index in [0.29, 0.717) is 0 Å². The molecule has 0 radical (unpaired) electrons. The van der Waals surface area contributed by atoms with Gasteiger partial charge >= 0.3 is 5.97 Å². The summed E-state index contributed by atoms with van der Waals surface area (Å²) in [6.45, 7) is 0.169. The third kappa shape index (κ3) is 3.59. The fraction of sp³-hybridized carbons (Fsp3) is 0.200. The molecule has 0 unspecified atom stereocenters. The van der Waals surface area contributed by atoms with Crippen LogP contribution in [0.3, 0.4) is 0 Å². The van der Waals surface area contributed by atoms with Gasteiger partial charge in [-0.05, 0) is 12.1 Å². The Hall–Kier alpha value is -1.30. The first-order valence-corrected chi connectivity index (χ1v) is 5.43. The van der Waals surface area contributed by atoms with Crippen molar-refractivity contribution in [3.05, 3.63) is 27.7 Å². The van der Waals surface area contributed by atoms with E-state index >= 15 is 0 Å². The van der Waals surface area contributed by atoms with Gasteiger partial charge in [0.25, 0.3) is 0 Å². The number of anilines is 1. The maximum atomic E-state index is 11.3. The van der Waals surface area contributed by atoms with Gasteiger partial charge in [-0.3, -0.25) is 4.79 Å². The maximum absolute atomic E-state index is 11.3. The lowest BCUT2D eigenvalue weighted by Gasteiger charge is -2.10. The summed E-state index contributed by atoms with van der Waals surface area (Å²) in [6, 6.07) is 2.62. The molecule has 0 aliphatic heterocycles. The minimum atomic E-state index is -1.24. The number of amides is 1. The summed E-state index contributed by atoms with van der Waals surface area (Å²) in [5.41, 5.74) is 5.08. The SMILES string of the molecule is NCCC(=O)Nc1cc(Cl)cc(Cl)c1C(=O)O. The Balaban J connectivity index is 3.12. The van der Waals surface area contributed by atoms with Crippen molar-refractivity contribution in [2.75, 3.05) is 11.9 Å². The van der Waals surface area contributed by atoms with E-state index in [1.165, 1.54) is 12.1 Å². The highest BCUT2D eigenvalue weighted by Gasteiger charge is 2.17. The first-order chi connectivity index (χ1) is 7.95. The zero-order valence-corrected chi connectivity index (χ0v) is 10.2. The number of hydrogen-bond donors (Lipinski definition) is 3. The smallest absolute Gasteiger partial charge is 0.339 e. The summed E-state index contributed by atoms with van der Waals surface area (Å²) in [5, 5.41) is 11.6. The van der Waals surface area contributed by atoms with Crippen LogP contribution in [0.1, 0.15) is 16.8 Å². The average molecular weight is 277 g/mol. The number of carboxylic acids is 1.